The Morgan fingerprint density at radius 2 is 2.21 bits per heavy atom. The van der Waals surface area contributed by atoms with Crippen LogP contribution in [0.3, 0.4) is 0 Å². The Bertz CT molecular complexity index is 450. The molecule has 1 saturated heterocycles. The zero-order chi connectivity index (χ0) is 13.2. The van der Waals surface area contributed by atoms with E-state index in [1.54, 1.807) is 0 Å². The van der Waals surface area contributed by atoms with Crippen LogP contribution in [0.25, 0.3) is 0 Å². The highest BCUT2D eigenvalue weighted by Crippen LogP contribution is 2.36. The molecule has 104 valence electrons. The van der Waals surface area contributed by atoms with Crippen molar-refractivity contribution in [3.05, 3.63) is 28.8 Å². The summed E-state index contributed by atoms with van der Waals surface area (Å²) in [6.45, 7) is 3.95. The normalized spacial score (nSPS) is 26.8. The number of halogens is 1. The third-order valence-electron chi connectivity index (χ3n) is 3.75. The van der Waals surface area contributed by atoms with Crippen LogP contribution in [-0.2, 0) is 11.3 Å². The van der Waals surface area contributed by atoms with Crippen molar-refractivity contribution in [1.82, 2.24) is 5.32 Å². The molecule has 2 nitrogen and oxygen atoms in total. The minimum absolute atomic E-state index is 0.331. The van der Waals surface area contributed by atoms with E-state index in [4.69, 9.17) is 16.3 Å². The Morgan fingerprint density at radius 3 is 2.84 bits per heavy atom. The molecule has 0 spiro atoms. The molecule has 1 N–H and O–H groups in total. The maximum Gasteiger partial charge on any atom is 0.0669 e. The largest absolute Gasteiger partial charge is 0.377 e. The first-order valence-corrected chi connectivity index (χ1v) is 8.28. The summed E-state index contributed by atoms with van der Waals surface area (Å²) in [5.74, 6) is 0. The predicted molar refractivity (Wildman–Crippen MR) is 81.0 cm³/mol. The SMILES string of the molecule is CC1OCCC1Sc1ccc(CNC2CC2)cc1Cl. The molecule has 0 radical (unpaired) electrons. The number of thioether (sulfide) groups is 1. The van der Waals surface area contributed by atoms with E-state index in [0.717, 1.165) is 30.6 Å². The molecule has 2 atom stereocenters. The Labute approximate surface area is 124 Å². The fourth-order valence-electron chi connectivity index (χ4n) is 2.33. The van der Waals surface area contributed by atoms with Crippen molar-refractivity contribution < 1.29 is 4.74 Å². The van der Waals surface area contributed by atoms with E-state index < -0.39 is 0 Å². The average Bonchev–Trinajstić information content (AvgIpc) is 3.14. The Balaban J connectivity index is 1.61. The molecule has 0 aromatic heterocycles. The minimum atomic E-state index is 0.331. The van der Waals surface area contributed by atoms with Crippen LogP contribution in [0.1, 0.15) is 31.7 Å². The van der Waals surface area contributed by atoms with E-state index >= 15 is 0 Å². The molecule has 1 aliphatic heterocycles. The van der Waals surface area contributed by atoms with Gasteiger partial charge in [0.15, 0.2) is 0 Å². The molecule has 2 unspecified atom stereocenters. The zero-order valence-corrected chi connectivity index (χ0v) is 12.8. The highest BCUT2D eigenvalue weighted by Gasteiger charge is 2.26. The van der Waals surface area contributed by atoms with Crippen LogP contribution in [0.5, 0.6) is 0 Å². The van der Waals surface area contributed by atoms with Crippen LogP contribution in [0.15, 0.2) is 23.1 Å². The van der Waals surface area contributed by atoms with E-state index in [2.05, 4.69) is 30.4 Å². The molecule has 1 aromatic rings. The lowest BCUT2D eigenvalue weighted by Crippen LogP contribution is -2.15. The fraction of sp³-hybridized carbons (Fsp3) is 0.600. The second kappa shape index (κ2) is 6.04. The highest BCUT2D eigenvalue weighted by atomic mass is 35.5. The molecule has 4 heteroatoms. The number of hydrogen-bond donors (Lipinski definition) is 1. The van der Waals surface area contributed by atoms with Crippen LogP contribution in [-0.4, -0.2) is 24.0 Å². The summed E-state index contributed by atoms with van der Waals surface area (Å²) in [6.07, 6.45) is 4.09. The summed E-state index contributed by atoms with van der Waals surface area (Å²) in [4.78, 5) is 1.18. The summed E-state index contributed by atoms with van der Waals surface area (Å²) in [6, 6.07) is 7.18. The number of rotatable bonds is 5. The summed E-state index contributed by atoms with van der Waals surface area (Å²) in [7, 11) is 0. The monoisotopic (exact) mass is 297 g/mol. The number of ether oxygens (including phenoxy) is 1. The molecule has 19 heavy (non-hydrogen) atoms. The topological polar surface area (TPSA) is 21.3 Å². The zero-order valence-electron chi connectivity index (χ0n) is 11.2. The van der Waals surface area contributed by atoms with Gasteiger partial charge in [0.25, 0.3) is 0 Å². The van der Waals surface area contributed by atoms with E-state index in [-0.39, 0.29) is 0 Å². The van der Waals surface area contributed by atoms with Gasteiger partial charge in [-0.05, 0) is 43.9 Å². The quantitative estimate of drug-likeness (QED) is 0.892. The van der Waals surface area contributed by atoms with E-state index in [1.807, 2.05) is 11.8 Å². The lowest BCUT2D eigenvalue weighted by Gasteiger charge is -2.15. The van der Waals surface area contributed by atoms with Gasteiger partial charge in [-0.3, -0.25) is 0 Å². The summed E-state index contributed by atoms with van der Waals surface area (Å²) >= 11 is 8.25. The molecular weight excluding hydrogens is 278 g/mol. The van der Waals surface area contributed by atoms with Crippen molar-refractivity contribution in [3.8, 4) is 0 Å². The number of hydrogen-bond acceptors (Lipinski definition) is 3. The maximum atomic E-state index is 6.40. The molecule has 2 aliphatic rings. The fourth-order valence-corrected chi connectivity index (χ4v) is 3.79. The van der Waals surface area contributed by atoms with Crippen molar-refractivity contribution >= 4 is 23.4 Å². The van der Waals surface area contributed by atoms with Gasteiger partial charge in [0, 0.05) is 29.3 Å². The third-order valence-corrected chi connectivity index (χ3v) is 5.71. The second-order valence-corrected chi connectivity index (χ2v) is 7.13. The van der Waals surface area contributed by atoms with Crippen molar-refractivity contribution in [1.29, 1.82) is 0 Å². The van der Waals surface area contributed by atoms with Gasteiger partial charge in [-0.2, -0.15) is 0 Å². The van der Waals surface area contributed by atoms with Crippen molar-refractivity contribution in [3.63, 3.8) is 0 Å². The molecule has 2 fully saturated rings. The van der Waals surface area contributed by atoms with Crippen LogP contribution >= 0.6 is 23.4 Å². The lowest BCUT2D eigenvalue weighted by molar-refractivity contribution is 0.127. The Morgan fingerprint density at radius 1 is 1.37 bits per heavy atom. The molecule has 0 bridgehead atoms. The first kappa shape index (κ1) is 13.7. The highest BCUT2D eigenvalue weighted by molar-refractivity contribution is 8.00. The van der Waals surface area contributed by atoms with Gasteiger partial charge < -0.3 is 10.1 Å². The van der Waals surface area contributed by atoms with Crippen LogP contribution in [0.4, 0.5) is 0 Å². The summed E-state index contributed by atoms with van der Waals surface area (Å²) in [5, 5.41) is 4.92. The number of benzene rings is 1. The second-order valence-electron chi connectivity index (χ2n) is 5.44. The molecule has 1 saturated carbocycles. The van der Waals surface area contributed by atoms with E-state index in [9.17, 15) is 0 Å². The first-order valence-electron chi connectivity index (χ1n) is 7.02. The van der Waals surface area contributed by atoms with Gasteiger partial charge in [0.1, 0.15) is 0 Å². The maximum absolute atomic E-state index is 6.40. The predicted octanol–water partition coefficient (Wildman–Crippen LogP) is 3.86. The Kier molecular flexibility index (Phi) is 4.37. The molecule has 1 aliphatic carbocycles. The van der Waals surface area contributed by atoms with Gasteiger partial charge in [-0.25, -0.2) is 0 Å². The summed E-state index contributed by atoms with van der Waals surface area (Å²) < 4.78 is 5.60. The van der Waals surface area contributed by atoms with Crippen LogP contribution in [0.2, 0.25) is 5.02 Å². The number of nitrogens with one attached hydrogen (secondary N) is 1. The third kappa shape index (κ3) is 3.66. The Hall–Kier alpha value is -0.220. The standard InChI is InChI=1S/C15H20ClNOS/c1-10-14(6-7-18-10)19-15-5-2-11(8-13(15)16)9-17-12-3-4-12/h2,5,8,10,12,14,17H,3-4,6-7,9H2,1H3. The van der Waals surface area contributed by atoms with E-state index in [0.29, 0.717) is 11.4 Å². The van der Waals surface area contributed by atoms with Gasteiger partial charge in [-0.15, -0.1) is 11.8 Å². The minimum Gasteiger partial charge on any atom is -0.377 e. The van der Waals surface area contributed by atoms with Gasteiger partial charge >= 0.3 is 0 Å². The van der Waals surface area contributed by atoms with Crippen LogP contribution < -0.4 is 5.32 Å². The van der Waals surface area contributed by atoms with E-state index in [1.165, 1.54) is 23.3 Å². The molecule has 0 amide bonds. The molecule has 1 aromatic carbocycles. The first-order chi connectivity index (χ1) is 9.22. The van der Waals surface area contributed by atoms with Gasteiger partial charge in [0.2, 0.25) is 0 Å². The molecular formula is C15H20ClNOS. The molecule has 3 rings (SSSR count). The van der Waals surface area contributed by atoms with Crippen molar-refractivity contribution in [2.24, 2.45) is 0 Å². The van der Waals surface area contributed by atoms with Crippen molar-refractivity contribution in [2.75, 3.05) is 6.61 Å². The van der Waals surface area contributed by atoms with Gasteiger partial charge in [0.05, 0.1) is 11.1 Å². The van der Waals surface area contributed by atoms with Crippen molar-refractivity contribution in [2.45, 2.75) is 55.0 Å². The lowest BCUT2D eigenvalue weighted by atomic mass is 10.2. The summed E-state index contributed by atoms with van der Waals surface area (Å²) in [5.41, 5.74) is 1.27. The smallest absolute Gasteiger partial charge is 0.0669 e. The van der Waals surface area contributed by atoms with Gasteiger partial charge in [-0.1, -0.05) is 17.7 Å². The average molecular weight is 298 g/mol. The van der Waals surface area contributed by atoms with Crippen LogP contribution in [0, 0.1) is 0 Å². The molecule has 1 heterocycles.